The summed E-state index contributed by atoms with van der Waals surface area (Å²) in [4.78, 5) is 33.8. The predicted molar refractivity (Wildman–Crippen MR) is 103 cm³/mol. The molecule has 2 aliphatic heterocycles. The Labute approximate surface area is 163 Å². The summed E-state index contributed by atoms with van der Waals surface area (Å²) in [6.45, 7) is 3.84. The smallest absolute Gasteiger partial charge is 0.278 e. The summed E-state index contributed by atoms with van der Waals surface area (Å²) in [7, 11) is 0. The van der Waals surface area contributed by atoms with Crippen molar-refractivity contribution >= 4 is 17.4 Å². The summed E-state index contributed by atoms with van der Waals surface area (Å²) in [5.74, 6) is -0.400. The van der Waals surface area contributed by atoms with Gasteiger partial charge in [0.25, 0.3) is 11.8 Å². The molecule has 0 atom stereocenters. The van der Waals surface area contributed by atoms with E-state index >= 15 is 0 Å². The van der Waals surface area contributed by atoms with Gasteiger partial charge < -0.3 is 4.90 Å². The van der Waals surface area contributed by atoms with Gasteiger partial charge in [-0.15, -0.1) is 0 Å². The van der Waals surface area contributed by atoms with Crippen molar-refractivity contribution < 1.29 is 14.0 Å². The Bertz CT molecular complexity index is 917. The molecule has 2 amide bonds. The molecule has 0 spiro atoms. The van der Waals surface area contributed by atoms with Crippen LogP contribution in [0.15, 0.2) is 54.5 Å². The first-order valence-corrected chi connectivity index (χ1v) is 9.55. The first kappa shape index (κ1) is 18.3. The predicted octanol–water partition coefficient (Wildman–Crippen LogP) is 3.23. The fourth-order valence-corrected chi connectivity index (χ4v) is 3.78. The lowest BCUT2D eigenvalue weighted by molar-refractivity contribution is -0.138. The van der Waals surface area contributed by atoms with Gasteiger partial charge in [0.15, 0.2) is 0 Å². The van der Waals surface area contributed by atoms with Gasteiger partial charge in [-0.25, -0.2) is 4.39 Å². The minimum Gasteiger partial charge on any atom is -0.366 e. The minimum absolute atomic E-state index is 0.171. The number of imide groups is 1. The van der Waals surface area contributed by atoms with E-state index in [1.807, 2.05) is 11.0 Å². The molecule has 1 saturated heterocycles. The summed E-state index contributed by atoms with van der Waals surface area (Å²) >= 11 is 0. The number of aromatic nitrogens is 1. The van der Waals surface area contributed by atoms with Gasteiger partial charge in [-0.1, -0.05) is 25.1 Å². The molecule has 1 aromatic carbocycles. The summed E-state index contributed by atoms with van der Waals surface area (Å²) in [6.07, 6.45) is 5.26. The van der Waals surface area contributed by atoms with Crippen LogP contribution < -0.4 is 0 Å². The third kappa shape index (κ3) is 3.42. The van der Waals surface area contributed by atoms with Crippen molar-refractivity contribution in [3.63, 3.8) is 0 Å². The van der Waals surface area contributed by atoms with E-state index in [4.69, 9.17) is 0 Å². The number of piperidine rings is 1. The second-order valence-corrected chi connectivity index (χ2v) is 7.46. The lowest BCUT2D eigenvalue weighted by Crippen LogP contribution is -2.38. The Morgan fingerprint density at radius 2 is 1.79 bits per heavy atom. The molecule has 1 aromatic heterocycles. The average molecular weight is 379 g/mol. The molecule has 2 aromatic rings. The fourth-order valence-electron chi connectivity index (χ4n) is 3.78. The highest BCUT2D eigenvalue weighted by molar-refractivity contribution is 6.35. The number of carbonyl (C=O) groups excluding carboxylic acids is 2. The van der Waals surface area contributed by atoms with E-state index in [1.165, 1.54) is 17.0 Å². The third-order valence-corrected chi connectivity index (χ3v) is 5.44. The van der Waals surface area contributed by atoms with Crippen LogP contribution in [0.1, 0.15) is 30.9 Å². The monoisotopic (exact) mass is 379 g/mol. The first-order valence-electron chi connectivity index (χ1n) is 9.55. The molecule has 1 fully saturated rings. The Morgan fingerprint density at radius 3 is 2.43 bits per heavy atom. The number of hydrogen-bond acceptors (Lipinski definition) is 4. The standard InChI is InChI=1S/C22H22FN3O2/c1-15-8-11-25(12-9-15)20-19(17-4-6-18(23)7-5-17)21(27)26(22(20)28)14-16-3-2-10-24-13-16/h2-7,10,13,15H,8-9,11-12,14H2,1H3. The van der Waals surface area contributed by atoms with Crippen molar-refractivity contribution in [2.24, 2.45) is 5.92 Å². The molecule has 0 radical (unpaired) electrons. The van der Waals surface area contributed by atoms with Crippen LogP contribution >= 0.6 is 0 Å². The van der Waals surface area contributed by atoms with Crippen LogP contribution in [0.5, 0.6) is 0 Å². The molecule has 144 valence electrons. The van der Waals surface area contributed by atoms with Crippen molar-refractivity contribution in [2.75, 3.05) is 13.1 Å². The van der Waals surface area contributed by atoms with Crippen LogP contribution in [0.25, 0.3) is 5.57 Å². The van der Waals surface area contributed by atoms with E-state index in [0.717, 1.165) is 31.5 Å². The van der Waals surface area contributed by atoms with E-state index in [0.29, 0.717) is 22.8 Å². The molecular formula is C22H22FN3O2. The molecule has 0 unspecified atom stereocenters. The Morgan fingerprint density at radius 1 is 1.07 bits per heavy atom. The maximum Gasteiger partial charge on any atom is 0.278 e. The highest BCUT2D eigenvalue weighted by Crippen LogP contribution is 2.34. The van der Waals surface area contributed by atoms with Crippen molar-refractivity contribution in [1.29, 1.82) is 0 Å². The SMILES string of the molecule is CC1CCN(C2=C(c3ccc(F)cc3)C(=O)N(Cc3cccnc3)C2=O)CC1. The zero-order valence-electron chi connectivity index (χ0n) is 15.8. The van der Waals surface area contributed by atoms with E-state index in [2.05, 4.69) is 11.9 Å². The van der Waals surface area contributed by atoms with E-state index in [9.17, 15) is 14.0 Å². The molecule has 3 heterocycles. The zero-order chi connectivity index (χ0) is 19.7. The lowest BCUT2D eigenvalue weighted by atomic mass is 9.97. The molecule has 0 bridgehead atoms. The van der Waals surface area contributed by atoms with E-state index in [1.54, 1.807) is 30.6 Å². The molecule has 5 nitrogen and oxygen atoms in total. The van der Waals surface area contributed by atoms with Crippen LogP contribution in [0, 0.1) is 11.7 Å². The normalized spacial score (nSPS) is 18.4. The topological polar surface area (TPSA) is 53.5 Å². The summed E-state index contributed by atoms with van der Waals surface area (Å²) in [5, 5.41) is 0. The zero-order valence-corrected chi connectivity index (χ0v) is 15.8. The largest absolute Gasteiger partial charge is 0.366 e. The minimum atomic E-state index is -0.373. The molecule has 0 N–H and O–H groups in total. The molecule has 0 aliphatic carbocycles. The molecular weight excluding hydrogens is 357 g/mol. The highest BCUT2D eigenvalue weighted by Gasteiger charge is 2.42. The average Bonchev–Trinajstić information content (AvgIpc) is 2.95. The number of nitrogens with zero attached hydrogens (tertiary/aromatic N) is 3. The highest BCUT2D eigenvalue weighted by atomic mass is 19.1. The van der Waals surface area contributed by atoms with Crippen LogP contribution in [-0.2, 0) is 16.1 Å². The fraction of sp³-hybridized carbons (Fsp3) is 0.318. The van der Waals surface area contributed by atoms with E-state index in [-0.39, 0.29) is 24.2 Å². The summed E-state index contributed by atoms with van der Waals surface area (Å²) < 4.78 is 13.4. The Kier molecular flexibility index (Phi) is 4.94. The van der Waals surface area contributed by atoms with Crippen LogP contribution in [0.4, 0.5) is 4.39 Å². The van der Waals surface area contributed by atoms with Gasteiger partial charge in [-0.05, 0) is 48.1 Å². The van der Waals surface area contributed by atoms with Crippen molar-refractivity contribution in [2.45, 2.75) is 26.3 Å². The van der Waals surface area contributed by atoms with Crippen molar-refractivity contribution in [1.82, 2.24) is 14.8 Å². The Hall–Kier alpha value is -3.02. The van der Waals surface area contributed by atoms with Gasteiger partial charge in [0.05, 0.1) is 12.1 Å². The summed E-state index contributed by atoms with van der Waals surface area (Å²) in [6, 6.07) is 9.39. The quantitative estimate of drug-likeness (QED) is 0.766. The number of benzene rings is 1. The maximum atomic E-state index is 13.4. The molecule has 4 rings (SSSR count). The van der Waals surface area contributed by atoms with Crippen LogP contribution in [0.2, 0.25) is 0 Å². The van der Waals surface area contributed by atoms with Gasteiger partial charge in [0.2, 0.25) is 0 Å². The van der Waals surface area contributed by atoms with Crippen molar-refractivity contribution in [3.8, 4) is 0 Å². The number of rotatable bonds is 4. The molecule has 28 heavy (non-hydrogen) atoms. The van der Waals surface area contributed by atoms with Gasteiger partial charge in [-0.3, -0.25) is 19.5 Å². The number of likely N-dealkylation sites (tertiary alicyclic amines) is 1. The van der Waals surface area contributed by atoms with Crippen LogP contribution in [-0.4, -0.2) is 39.7 Å². The molecule has 0 saturated carbocycles. The molecule has 2 aliphatic rings. The number of hydrogen-bond donors (Lipinski definition) is 0. The number of halogens is 1. The lowest BCUT2D eigenvalue weighted by Gasteiger charge is -2.32. The number of pyridine rings is 1. The summed E-state index contributed by atoms with van der Waals surface area (Å²) in [5.41, 5.74) is 2.16. The van der Waals surface area contributed by atoms with Gasteiger partial charge in [0.1, 0.15) is 11.5 Å². The van der Waals surface area contributed by atoms with Crippen LogP contribution in [0.3, 0.4) is 0 Å². The number of carbonyl (C=O) groups is 2. The van der Waals surface area contributed by atoms with Gasteiger partial charge >= 0.3 is 0 Å². The first-order chi connectivity index (χ1) is 13.5. The Balaban J connectivity index is 1.72. The molecule has 6 heteroatoms. The third-order valence-electron chi connectivity index (χ3n) is 5.44. The second-order valence-electron chi connectivity index (χ2n) is 7.46. The van der Waals surface area contributed by atoms with Gasteiger partial charge in [0, 0.05) is 25.5 Å². The number of amides is 2. The maximum absolute atomic E-state index is 13.4. The second kappa shape index (κ2) is 7.54. The van der Waals surface area contributed by atoms with Crippen molar-refractivity contribution in [3.05, 3.63) is 71.4 Å². The van der Waals surface area contributed by atoms with Gasteiger partial charge in [-0.2, -0.15) is 0 Å². The van der Waals surface area contributed by atoms with E-state index < -0.39 is 0 Å².